The summed E-state index contributed by atoms with van der Waals surface area (Å²) in [6.07, 6.45) is 7.63. The van der Waals surface area contributed by atoms with Gasteiger partial charge in [0.2, 0.25) is 5.91 Å². The Kier molecular flexibility index (Phi) is 7.45. The number of halogens is 1. The molecule has 2 amide bonds. The van der Waals surface area contributed by atoms with Crippen molar-refractivity contribution in [2.24, 2.45) is 0 Å². The van der Waals surface area contributed by atoms with Crippen LogP contribution >= 0.6 is 11.6 Å². The van der Waals surface area contributed by atoms with Gasteiger partial charge in [-0.1, -0.05) is 44.9 Å². The molecule has 0 saturated carbocycles. The molecule has 2 heterocycles. The van der Waals surface area contributed by atoms with E-state index in [1.807, 2.05) is 24.4 Å². The molecule has 2 atom stereocenters. The van der Waals surface area contributed by atoms with Crippen LogP contribution in [0.3, 0.4) is 0 Å². The number of benzene rings is 1. The molecule has 6 heteroatoms. The Morgan fingerprint density at radius 2 is 1.90 bits per heavy atom. The molecule has 30 heavy (non-hydrogen) atoms. The van der Waals surface area contributed by atoms with Crippen LogP contribution in [0, 0.1) is 0 Å². The van der Waals surface area contributed by atoms with Gasteiger partial charge in [-0.25, -0.2) is 9.69 Å². The van der Waals surface area contributed by atoms with Gasteiger partial charge in [0.1, 0.15) is 5.60 Å². The molecule has 1 fully saturated rings. The van der Waals surface area contributed by atoms with E-state index in [1.165, 1.54) is 4.90 Å². The summed E-state index contributed by atoms with van der Waals surface area (Å²) in [4.78, 5) is 30.7. The number of carbonyl (C=O) groups excluding carboxylic acids is 2. The summed E-state index contributed by atoms with van der Waals surface area (Å²) in [6, 6.07) is 7.79. The highest BCUT2D eigenvalue weighted by Crippen LogP contribution is 2.41. The first kappa shape index (κ1) is 22.7. The summed E-state index contributed by atoms with van der Waals surface area (Å²) in [5, 5.41) is 0.787. The van der Waals surface area contributed by atoms with Crippen LogP contribution < -0.4 is 0 Å². The first-order valence-electron chi connectivity index (χ1n) is 11.2. The number of ether oxygens (including phenoxy) is 1. The van der Waals surface area contributed by atoms with E-state index in [-0.39, 0.29) is 23.7 Å². The average Bonchev–Trinajstić information content (AvgIpc) is 3.24. The van der Waals surface area contributed by atoms with Crippen molar-refractivity contribution in [3.63, 3.8) is 0 Å². The molecule has 1 aliphatic heterocycles. The number of alkyl halides is 1. The molecule has 0 radical (unpaired) electrons. The standard InChI is InChI=1S/C24H33ClN2O3/c1-4-6-12-24(13-7-5-2)21(27(23(29)30-24)22(28)14-17(3)25)15-18-16-26-20-11-9-8-10-19(18)20/h8-11,16-17,21,26H,4-7,12-15H2,1-3H3/t17-,21+/m1/s1. The second kappa shape index (κ2) is 9.86. The van der Waals surface area contributed by atoms with E-state index in [4.69, 9.17) is 16.3 Å². The maximum atomic E-state index is 13.0. The average molecular weight is 433 g/mol. The predicted molar refractivity (Wildman–Crippen MR) is 121 cm³/mol. The van der Waals surface area contributed by atoms with Crippen LogP contribution in [0.2, 0.25) is 0 Å². The van der Waals surface area contributed by atoms with Gasteiger partial charge in [-0.05, 0) is 50.7 Å². The van der Waals surface area contributed by atoms with Crippen LogP contribution in [-0.4, -0.2) is 38.9 Å². The number of nitrogens with one attached hydrogen (secondary N) is 1. The molecule has 1 aromatic carbocycles. The van der Waals surface area contributed by atoms with Crippen molar-refractivity contribution in [2.45, 2.75) is 89.2 Å². The van der Waals surface area contributed by atoms with Gasteiger partial charge < -0.3 is 9.72 Å². The number of hydrogen-bond donors (Lipinski definition) is 1. The van der Waals surface area contributed by atoms with Crippen molar-refractivity contribution < 1.29 is 14.3 Å². The summed E-state index contributed by atoms with van der Waals surface area (Å²) in [5.41, 5.74) is 1.51. The highest BCUT2D eigenvalue weighted by Gasteiger charge is 2.55. The van der Waals surface area contributed by atoms with Gasteiger partial charge in [-0.15, -0.1) is 11.6 Å². The molecule has 0 bridgehead atoms. The number of carbonyl (C=O) groups is 2. The van der Waals surface area contributed by atoms with Crippen molar-refractivity contribution in [3.8, 4) is 0 Å². The Balaban J connectivity index is 2.01. The largest absolute Gasteiger partial charge is 0.440 e. The number of imide groups is 1. The zero-order valence-electron chi connectivity index (χ0n) is 18.2. The van der Waals surface area contributed by atoms with Crippen molar-refractivity contribution in [3.05, 3.63) is 36.0 Å². The Morgan fingerprint density at radius 1 is 1.23 bits per heavy atom. The summed E-state index contributed by atoms with van der Waals surface area (Å²) in [6.45, 7) is 6.05. The van der Waals surface area contributed by atoms with Gasteiger partial charge >= 0.3 is 6.09 Å². The van der Waals surface area contributed by atoms with Gasteiger partial charge in [0, 0.05) is 28.9 Å². The molecule has 0 spiro atoms. The Labute approximate surface area is 184 Å². The Hall–Kier alpha value is -2.01. The van der Waals surface area contributed by atoms with Crippen LogP contribution in [0.25, 0.3) is 10.9 Å². The third-order valence-electron chi connectivity index (χ3n) is 6.13. The molecule has 1 aliphatic rings. The summed E-state index contributed by atoms with van der Waals surface area (Å²) in [7, 11) is 0. The van der Waals surface area contributed by atoms with Crippen molar-refractivity contribution in [2.75, 3.05) is 0 Å². The number of aromatic nitrogens is 1. The summed E-state index contributed by atoms with van der Waals surface area (Å²) >= 11 is 6.10. The van der Waals surface area contributed by atoms with Gasteiger partial charge in [-0.3, -0.25) is 4.79 Å². The fourth-order valence-corrected chi connectivity index (χ4v) is 4.70. The van der Waals surface area contributed by atoms with Crippen LogP contribution in [0.15, 0.2) is 30.5 Å². The lowest BCUT2D eigenvalue weighted by Gasteiger charge is -2.35. The molecule has 0 unspecified atom stereocenters. The lowest BCUT2D eigenvalue weighted by Crippen LogP contribution is -2.49. The Bertz CT molecular complexity index is 868. The van der Waals surface area contributed by atoms with Crippen molar-refractivity contribution in [1.82, 2.24) is 9.88 Å². The molecule has 1 aromatic heterocycles. The number of nitrogens with zero attached hydrogens (tertiary/aromatic N) is 1. The van der Waals surface area contributed by atoms with Crippen LogP contribution in [0.5, 0.6) is 0 Å². The lowest BCUT2D eigenvalue weighted by molar-refractivity contribution is -0.129. The van der Waals surface area contributed by atoms with Crippen molar-refractivity contribution in [1.29, 1.82) is 0 Å². The van der Waals surface area contributed by atoms with Gasteiger partial charge in [0.15, 0.2) is 0 Å². The third kappa shape index (κ3) is 4.66. The molecular formula is C24H33ClN2O3. The van der Waals surface area contributed by atoms with Crippen LogP contribution in [0.1, 0.15) is 71.3 Å². The normalized spacial score (nSPS) is 19.3. The number of amides is 2. The first-order valence-corrected chi connectivity index (χ1v) is 11.6. The zero-order chi connectivity index (χ0) is 21.7. The lowest BCUT2D eigenvalue weighted by atomic mass is 9.81. The number of cyclic esters (lactones) is 1. The zero-order valence-corrected chi connectivity index (χ0v) is 19.0. The van der Waals surface area contributed by atoms with E-state index in [9.17, 15) is 9.59 Å². The number of unbranched alkanes of at least 4 members (excludes halogenated alkanes) is 2. The topological polar surface area (TPSA) is 62.4 Å². The monoisotopic (exact) mass is 432 g/mol. The van der Waals surface area contributed by atoms with Crippen LogP contribution in [-0.2, 0) is 16.0 Å². The van der Waals surface area contributed by atoms with Crippen LogP contribution in [0.4, 0.5) is 4.79 Å². The van der Waals surface area contributed by atoms with E-state index < -0.39 is 11.7 Å². The fourth-order valence-electron chi connectivity index (χ4n) is 4.57. The summed E-state index contributed by atoms with van der Waals surface area (Å²) in [5.74, 6) is -0.248. The van der Waals surface area contributed by atoms with Crippen molar-refractivity contribution >= 4 is 34.5 Å². The Morgan fingerprint density at radius 3 is 2.53 bits per heavy atom. The number of H-pyrrole nitrogens is 1. The number of para-hydroxylation sites is 1. The third-order valence-corrected chi connectivity index (χ3v) is 6.28. The molecule has 0 aliphatic carbocycles. The molecular weight excluding hydrogens is 400 g/mol. The number of fused-ring (bicyclic) bond motifs is 1. The molecule has 3 rings (SSSR count). The number of rotatable bonds is 10. The quantitative estimate of drug-likeness (QED) is 0.455. The first-order chi connectivity index (χ1) is 14.4. The van der Waals surface area contributed by atoms with E-state index in [1.54, 1.807) is 6.92 Å². The highest BCUT2D eigenvalue weighted by molar-refractivity contribution is 6.21. The molecule has 1 N–H and O–H groups in total. The molecule has 2 aromatic rings. The smallest absolute Gasteiger partial charge is 0.417 e. The predicted octanol–water partition coefficient (Wildman–Crippen LogP) is 6.19. The second-order valence-corrected chi connectivity index (χ2v) is 9.21. The highest BCUT2D eigenvalue weighted by atomic mass is 35.5. The van der Waals surface area contributed by atoms with Gasteiger partial charge in [-0.2, -0.15) is 0 Å². The van der Waals surface area contributed by atoms with E-state index in [0.717, 1.165) is 55.0 Å². The number of hydrogen-bond acceptors (Lipinski definition) is 3. The van der Waals surface area contributed by atoms with Gasteiger partial charge in [0.25, 0.3) is 0 Å². The van der Waals surface area contributed by atoms with Gasteiger partial charge in [0.05, 0.1) is 6.04 Å². The van der Waals surface area contributed by atoms with E-state index in [0.29, 0.717) is 6.42 Å². The minimum atomic E-state index is -0.646. The SMILES string of the molecule is CCCCC1(CCCC)OC(=O)N(C(=O)C[C@@H](C)Cl)[C@H]1Cc1c[nH]c2ccccc12. The maximum absolute atomic E-state index is 13.0. The summed E-state index contributed by atoms with van der Waals surface area (Å²) < 4.78 is 6.05. The minimum Gasteiger partial charge on any atom is -0.440 e. The van der Waals surface area contributed by atoms with E-state index in [2.05, 4.69) is 24.9 Å². The molecule has 5 nitrogen and oxygen atoms in total. The molecule has 164 valence electrons. The maximum Gasteiger partial charge on any atom is 0.417 e. The van der Waals surface area contributed by atoms with E-state index >= 15 is 0 Å². The fraction of sp³-hybridized carbons (Fsp3) is 0.583. The minimum absolute atomic E-state index is 0.124. The second-order valence-electron chi connectivity index (χ2n) is 8.47. The number of aromatic amines is 1. The molecule has 1 saturated heterocycles.